The third-order valence-corrected chi connectivity index (χ3v) is 2.79. The zero-order valence-electron chi connectivity index (χ0n) is 9.21. The lowest BCUT2D eigenvalue weighted by Gasteiger charge is -2.09. The molecule has 0 aliphatic rings. The molecule has 0 atom stereocenters. The molecule has 0 spiro atoms. The number of hydrogen-bond donors (Lipinski definition) is 1. The molecule has 0 saturated carbocycles. The van der Waals surface area contributed by atoms with Crippen molar-refractivity contribution in [3.8, 4) is 11.5 Å². The first-order chi connectivity index (χ1) is 8.19. The Bertz CT molecular complexity index is 529. The van der Waals surface area contributed by atoms with E-state index in [9.17, 15) is 0 Å². The minimum atomic E-state index is 0.559. The molecule has 0 unspecified atom stereocenters. The second-order valence-corrected chi connectivity index (χ2v) is 4.30. The molecule has 0 saturated heterocycles. The number of halogens is 2. The maximum atomic E-state index is 6.06. The predicted octanol–water partition coefficient (Wildman–Crippen LogP) is 4.83. The summed E-state index contributed by atoms with van der Waals surface area (Å²) in [5.41, 5.74) is 0.937. The van der Waals surface area contributed by atoms with E-state index < -0.39 is 0 Å². The molecule has 0 aliphatic heterocycles. The SMILES string of the molecule is CNc1ccc(Cl)c(Oc2cccc(Cl)c2)c1. The van der Waals surface area contributed by atoms with Crippen LogP contribution in [0.3, 0.4) is 0 Å². The van der Waals surface area contributed by atoms with Crippen LogP contribution < -0.4 is 10.1 Å². The lowest BCUT2D eigenvalue weighted by Crippen LogP contribution is -1.90. The third-order valence-electron chi connectivity index (χ3n) is 2.24. The summed E-state index contributed by atoms with van der Waals surface area (Å²) in [7, 11) is 1.84. The summed E-state index contributed by atoms with van der Waals surface area (Å²) in [6.45, 7) is 0. The molecule has 1 N–H and O–H groups in total. The Morgan fingerprint density at radius 2 is 1.88 bits per heavy atom. The molecule has 17 heavy (non-hydrogen) atoms. The maximum absolute atomic E-state index is 6.06. The zero-order valence-corrected chi connectivity index (χ0v) is 10.7. The van der Waals surface area contributed by atoms with Crippen molar-refractivity contribution in [2.75, 3.05) is 12.4 Å². The Balaban J connectivity index is 2.29. The van der Waals surface area contributed by atoms with E-state index in [-0.39, 0.29) is 0 Å². The number of hydrogen-bond acceptors (Lipinski definition) is 2. The molecule has 2 aromatic carbocycles. The van der Waals surface area contributed by atoms with Crippen LogP contribution in [0.2, 0.25) is 10.0 Å². The normalized spacial score (nSPS) is 10.1. The second kappa shape index (κ2) is 5.30. The summed E-state index contributed by atoms with van der Waals surface area (Å²) >= 11 is 11.9. The summed E-state index contributed by atoms with van der Waals surface area (Å²) in [6.07, 6.45) is 0. The number of nitrogens with one attached hydrogen (secondary N) is 1. The van der Waals surface area contributed by atoms with Crippen molar-refractivity contribution in [2.24, 2.45) is 0 Å². The van der Waals surface area contributed by atoms with Gasteiger partial charge in [0.05, 0.1) is 5.02 Å². The second-order valence-electron chi connectivity index (χ2n) is 3.45. The molecule has 0 heterocycles. The van der Waals surface area contributed by atoms with E-state index in [1.54, 1.807) is 18.2 Å². The zero-order chi connectivity index (χ0) is 12.3. The van der Waals surface area contributed by atoms with E-state index in [4.69, 9.17) is 27.9 Å². The number of rotatable bonds is 3. The van der Waals surface area contributed by atoms with E-state index in [1.807, 2.05) is 31.3 Å². The summed E-state index contributed by atoms with van der Waals surface area (Å²) in [5.74, 6) is 1.26. The van der Waals surface area contributed by atoms with Crippen LogP contribution in [0.5, 0.6) is 11.5 Å². The Hall–Kier alpha value is -1.38. The summed E-state index contributed by atoms with van der Waals surface area (Å²) < 4.78 is 5.68. The average Bonchev–Trinajstić information content (AvgIpc) is 2.32. The Morgan fingerprint density at radius 3 is 2.59 bits per heavy atom. The fraction of sp³-hybridized carbons (Fsp3) is 0.0769. The van der Waals surface area contributed by atoms with Crippen LogP contribution >= 0.6 is 23.2 Å². The summed E-state index contributed by atoms with van der Waals surface area (Å²) in [5, 5.41) is 4.21. The van der Waals surface area contributed by atoms with E-state index in [2.05, 4.69) is 5.32 Å². The number of benzene rings is 2. The van der Waals surface area contributed by atoms with E-state index in [1.165, 1.54) is 0 Å². The van der Waals surface area contributed by atoms with Crippen LogP contribution in [0.1, 0.15) is 0 Å². The molecule has 0 aliphatic carbocycles. The summed E-state index contributed by atoms with van der Waals surface area (Å²) in [6, 6.07) is 12.7. The molecule has 0 aromatic heterocycles. The van der Waals surface area contributed by atoms with Crippen molar-refractivity contribution >= 4 is 28.9 Å². The lowest BCUT2D eigenvalue weighted by molar-refractivity contribution is 0.483. The van der Waals surface area contributed by atoms with Crippen LogP contribution in [0.15, 0.2) is 42.5 Å². The number of ether oxygens (including phenoxy) is 1. The van der Waals surface area contributed by atoms with Crippen molar-refractivity contribution in [2.45, 2.75) is 0 Å². The maximum Gasteiger partial charge on any atom is 0.148 e. The van der Waals surface area contributed by atoms with Gasteiger partial charge in [-0.1, -0.05) is 29.3 Å². The Morgan fingerprint density at radius 1 is 1.06 bits per heavy atom. The molecule has 4 heteroatoms. The minimum Gasteiger partial charge on any atom is -0.456 e. The first kappa shape index (κ1) is 12.1. The largest absolute Gasteiger partial charge is 0.456 e. The molecule has 2 aromatic rings. The van der Waals surface area contributed by atoms with Crippen LogP contribution in [0.4, 0.5) is 5.69 Å². The molecular weight excluding hydrogens is 257 g/mol. The van der Waals surface area contributed by atoms with Gasteiger partial charge in [0.15, 0.2) is 0 Å². The van der Waals surface area contributed by atoms with Gasteiger partial charge in [0.1, 0.15) is 11.5 Å². The minimum absolute atomic E-state index is 0.559. The fourth-order valence-corrected chi connectivity index (χ4v) is 1.73. The fourth-order valence-electron chi connectivity index (χ4n) is 1.39. The lowest BCUT2D eigenvalue weighted by atomic mass is 10.3. The van der Waals surface area contributed by atoms with E-state index in [0.29, 0.717) is 21.5 Å². The first-order valence-corrected chi connectivity index (χ1v) is 5.85. The topological polar surface area (TPSA) is 21.3 Å². The summed E-state index contributed by atoms with van der Waals surface area (Å²) in [4.78, 5) is 0. The molecule has 88 valence electrons. The highest BCUT2D eigenvalue weighted by atomic mass is 35.5. The highest BCUT2D eigenvalue weighted by Crippen LogP contribution is 2.32. The molecule has 0 bridgehead atoms. The third kappa shape index (κ3) is 3.05. The quantitative estimate of drug-likeness (QED) is 0.861. The van der Waals surface area contributed by atoms with Crippen LogP contribution in [-0.4, -0.2) is 7.05 Å². The van der Waals surface area contributed by atoms with Gasteiger partial charge < -0.3 is 10.1 Å². The predicted molar refractivity (Wildman–Crippen MR) is 72.5 cm³/mol. The van der Waals surface area contributed by atoms with Gasteiger partial charge in [-0.05, 0) is 30.3 Å². The van der Waals surface area contributed by atoms with Crippen LogP contribution in [0, 0.1) is 0 Å². The Kier molecular flexibility index (Phi) is 3.77. The highest BCUT2D eigenvalue weighted by molar-refractivity contribution is 6.32. The van der Waals surface area contributed by atoms with Crippen molar-refractivity contribution in [1.29, 1.82) is 0 Å². The molecule has 0 fully saturated rings. The smallest absolute Gasteiger partial charge is 0.148 e. The van der Waals surface area contributed by atoms with E-state index in [0.717, 1.165) is 5.69 Å². The van der Waals surface area contributed by atoms with Crippen molar-refractivity contribution < 1.29 is 4.74 Å². The molecule has 2 nitrogen and oxygen atoms in total. The molecule has 0 radical (unpaired) electrons. The van der Waals surface area contributed by atoms with Crippen molar-refractivity contribution in [3.63, 3.8) is 0 Å². The molecular formula is C13H11Cl2NO. The van der Waals surface area contributed by atoms with Gasteiger partial charge >= 0.3 is 0 Å². The average molecular weight is 268 g/mol. The van der Waals surface area contributed by atoms with Crippen LogP contribution in [-0.2, 0) is 0 Å². The van der Waals surface area contributed by atoms with Gasteiger partial charge in [0, 0.05) is 23.8 Å². The molecule has 2 rings (SSSR count). The van der Waals surface area contributed by atoms with Crippen molar-refractivity contribution in [1.82, 2.24) is 0 Å². The van der Waals surface area contributed by atoms with Crippen LogP contribution in [0.25, 0.3) is 0 Å². The highest BCUT2D eigenvalue weighted by Gasteiger charge is 2.04. The van der Waals surface area contributed by atoms with Gasteiger partial charge in [-0.25, -0.2) is 0 Å². The van der Waals surface area contributed by atoms with Gasteiger partial charge in [-0.2, -0.15) is 0 Å². The van der Waals surface area contributed by atoms with Gasteiger partial charge in [0.2, 0.25) is 0 Å². The van der Waals surface area contributed by atoms with E-state index >= 15 is 0 Å². The molecule has 0 amide bonds. The monoisotopic (exact) mass is 267 g/mol. The van der Waals surface area contributed by atoms with Gasteiger partial charge in [-0.15, -0.1) is 0 Å². The number of anilines is 1. The van der Waals surface area contributed by atoms with Gasteiger partial charge in [0.25, 0.3) is 0 Å². The first-order valence-electron chi connectivity index (χ1n) is 5.10. The van der Waals surface area contributed by atoms with Crippen molar-refractivity contribution in [3.05, 3.63) is 52.5 Å². The standard InChI is InChI=1S/C13H11Cl2NO/c1-16-10-5-6-12(15)13(8-10)17-11-4-2-3-9(14)7-11/h2-8,16H,1H3. The Labute approximate surface area is 110 Å². The van der Waals surface area contributed by atoms with Gasteiger partial charge in [-0.3, -0.25) is 0 Å².